The standard InChI is InChI=1S/C11H9ClN2O3/c1-6-9(11(15)16-2)10(14-17-6)7-3-4-13-5-8(7)12/h3-5H,1-2H3. The minimum atomic E-state index is -0.508. The van der Waals surface area contributed by atoms with Gasteiger partial charge in [0.1, 0.15) is 17.0 Å². The van der Waals surface area contributed by atoms with Crippen molar-refractivity contribution >= 4 is 17.6 Å². The molecule has 5 nitrogen and oxygen atoms in total. The summed E-state index contributed by atoms with van der Waals surface area (Å²) in [5, 5.41) is 4.22. The van der Waals surface area contributed by atoms with E-state index in [0.717, 1.165) is 0 Å². The van der Waals surface area contributed by atoms with Gasteiger partial charge in [0.25, 0.3) is 0 Å². The number of nitrogens with zero attached hydrogens (tertiary/aromatic N) is 2. The average molecular weight is 253 g/mol. The summed E-state index contributed by atoms with van der Waals surface area (Å²) in [5.41, 5.74) is 1.22. The number of ether oxygens (including phenoxy) is 1. The number of aromatic nitrogens is 2. The molecular formula is C11H9ClN2O3. The highest BCUT2D eigenvalue weighted by Gasteiger charge is 2.23. The summed E-state index contributed by atoms with van der Waals surface area (Å²) in [5.74, 6) is -0.119. The van der Waals surface area contributed by atoms with Crippen molar-refractivity contribution in [2.75, 3.05) is 7.11 Å². The summed E-state index contributed by atoms with van der Waals surface area (Å²) in [4.78, 5) is 15.5. The maximum Gasteiger partial charge on any atom is 0.343 e. The Morgan fingerprint density at radius 3 is 2.94 bits per heavy atom. The van der Waals surface area contributed by atoms with Gasteiger partial charge in [-0.25, -0.2) is 4.79 Å². The molecule has 2 heterocycles. The Kier molecular flexibility index (Phi) is 3.10. The van der Waals surface area contributed by atoms with Gasteiger partial charge < -0.3 is 9.26 Å². The third-order valence-electron chi connectivity index (χ3n) is 2.28. The number of aryl methyl sites for hydroxylation is 1. The fourth-order valence-electron chi connectivity index (χ4n) is 1.47. The van der Waals surface area contributed by atoms with E-state index in [9.17, 15) is 4.79 Å². The molecule has 0 fully saturated rings. The van der Waals surface area contributed by atoms with E-state index in [0.29, 0.717) is 22.0 Å². The summed E-state index contributed by atoms with van der Waals surface area (Å²) in [6, 6.07) is 1.66. The molecule has 0 saturated heterocycles. The van der Waals surface area contributed by atoms with Gasteiger partial charge >= 0.3 is 5.97 Å². The number of carbonyl (C=O) groups excluding carboxylic acids is 1. The molecule has 0 aliphatic rings. The predicted octanol–water partition coefficient (Wildman–Crippen LogP) is 2.49. The van der Waals surface area contributed by atoms with Crippen LogP contribution in [0.15, 0.2) is 23.0 Å². The van der Waals surface area contributed by atoms with Gasteiger partial charge in [0.15, 0.2) is 0 Å². The van der Waals surface area contributed by atoms with Crippen LogP contribution in [0.1, 0.15) is 16.1 Å². The molecular weight excluding hydrogens is 244 g/mol. The SMILES string of the molecule is COC(=O)c1c(-c2ccncc2Cl)noc1C. The minimum Gasteiger partial charge on any atom is -0.465 e. The Hall–Kier alpha value is -1.88. The molecule has 0 saturated carbocycles. The van der Waals surface area contributed by atoms with Crippen LogP contribution in [0.3, 0.4) is 0 Å². The second-order valence-electron chi connectivity index (χ2n) is 3.31. The molecule has 0 unspecified atom stereocenters. The highest BCUT2D eigenvalue weighted by atomic mass is 35.5. The van der Waals surface area contributed by atoms with Gasteiger partial charge in [0.05, 0.1) is 12.1 Å². The van der Waals surface area contributed by atoms with Crippen LogP contribution < -0.4 is 0 Å². The van der Waals surface area contributed by atoms with Gasteiger partial charge in [0, 0.05) is 18.0 Å². The van der Waals surface area contributed by atoms with Crippen LogP contribution in [0.5, 0.6) is 0 Å². The third kappa shape index (κ3) is 2.01. The number of hydrogen-bond acceptors (Lipinski definition) is 5. The maximum absolute atomic E-state index is 11.6. The summed E-state index contributed by atoms with van der Waals surface area (Å²) < 4.78 is 9.68. The van der Waals surface area contributed by atoms with Crippen molar-refractivity contribution in [2.45, 2.75) is 6.92 Å². The van der Waals surface area contributed by atoms with E-state index in [4.69, 9.17) is 16.1 Å². The molecule has 2 rings (SSSR count). The van der Waals surface area contributed by atoms with Crippen molar-refractivity contribution in [3.63, 3.8) is 0 Å². The van der Waals surface area contributed by atoms with E-state index >= 15 is 0 Å². The minimum absolute atomic E-state index is 0.278. The Morgan fingerprint density at radius 1 is 1.53 bits per heavy atom. The first kappa shape index (κ1) is 11.6. The van der Waals surface area contributed by atoms with Crippen LogP contribution >= 0.6 is 11.6 Å². The molecule has 0 aliphatic carbocycles. The number of halogens is 1. The van der Waals surface area contributed by atoms with E-state index < -0.39 is 5.97 Å². The number of rotatable bonds is 2. The van der Waals surface area contributed by atoms with Crippen LogP contribution in [0, 0.1) is 6.92 Å². The summed E-state index contributed by atoms with van der Waals surface area (Å²) in [6.07, 6.45) is 3.04. The quantitative estimate of drug-likeness (QED) is 0.768. The third-order valence-corrected chi connectivity index (χ3v) is 2.58. The van der Waals surface area contributed by atoms with Crippen LogP contribution in [0.2, 0.25) is 5.02 Å². The van der Waals surface area contributed by atoms with Crippen molar-refractivity contribution in [1.29, 1.82) is 0 Å². The van der Waals surface area contributed by atoms with Crippen molar-refractivity contribution in [3.05, 3.63) is 34.8 Å². The monoisotopic (exact) mass is 252 g/mol. The van der Waals surface area contributed by atoms with E-state index in [1.54, 1.807) is 19.2 Å². The van der Waals surface area contributed by atoms with E-state index in [2.05, 4.69) is 14.9 Å². The van der Waals surface area contributed by atoms with Gasteiger partial charge in [-0.3, -0.25) is 4.98 Å². The lowest BCUT2D eigenvalue weighted by atomic mass is 10.1. The van der Waals surface area contributed by atoms with Gasteiger partial charge in [0.2, 0.25) is 0 Å². The van der Waals surface area contributed by atoms with Gasteiger partial charge in [-0.2, -0.15) is 0 Å². The molecule has 88 valence electrons. The highest BCUT2D eigenvalue weighted by molar-refractivity contribution is 6.33. The molecule has 0 atom stereocenters. The van der Waals surface area contributed by atoms with Crippen LogP contribution in [0.4, 0.5) is 0 Å². The molecule has 17 heavy (non-hydrogen) atoms. The van der Waals surface area contributed by atoms with E-state index in [-0.39, 0.29) is 5.56 Å². The van der Waals surface area contributed by atoms with Crippen molar-refractivity contribution in [3.8, 4) is 11.3 Å². The topological polar surface area (TPSA) is 65.2 Å². The second-order valence-corrected chi connectivity index (χ2v) is 3.72. The predicted molar refractivity (Wildman–Crippen MR) is 60.8 cm³/mol. The zero-order valence-corrected chi connectivity index (χ0v) is 9.99. The Balaban J connectivity index is 2.61. The molecule has 0 aliphatic heterocycles. The first-order valence-corrected chi connectivity index (χ1v) is 5.17. The van der Waals surface area contributed by atoms with Crippen LogP contribution in [0.25, 0.3) is 11.3 Å². The molecule has 0 aromatic carbocycles. The largest absolute Gasteiger partial charge is 0.465 e. The number of methoxy groups -OCH3 is 1. The summed E-state index contributed by atoms with van der Waals surface area (Å²) in [6.45, 7) is 1.64. The fraction of sp³-hybridized carbons (Fsp3) is 0.182. The molecule has 6 heteroatoms. The van der Waals surface area contributed by atoms with Gasteiger partial charge in [-0.1, -0.05) is 16.8 Å². The average Bonchev–Trinajstić information content (AvgIpc) is 2.71. The van der Waals surface area contributed by atoms with E-state index in [1.807, 2.05) is 0 Å². The number of carbonyl (C=O) groups is 1. The molecule has 0 amide bonds. The van der Waals surface area contributed by atoms with Crippen LogP contribution in [-0.4, -0.2) is 23.2 Å². The van der Waals surface area contributed by atoms with Crippen molar-refractivity contribution < 1.29 is 14.1 Å². The molecule has 2 aromatic heterocycles. The lowest BCUT2D eigenvalue weighted by Gasteiger charge is -2.02. The summed E-state index contributed by atoms with van der Waals surface area (Å²) in [7, 11) is 1.30. The zero-order valence-electron chi connectivity index (χ0n) is 9.23. The van der Waals surface area contributed by atoms with Gasteiger partial charge in [-0.15, -0.1) is 0 Å². The van der Waals surface area contributed by atoms with E-state index in [1.165, 1.54) is 13.3 Å². The Labute approximate surface area is 102 Å². The second kappa shape index (κ2) is 4.55. The maximum atomic E-state index is 11.6. The van der Waals surface area contributed by atoms with Crippen LogP contribution in [-0.2, 0) is 4.74 Å². The lowest BCUT2D eigenvalue weighted by molar-refractivity contribution is 0.0599. The Bertz CT molecular complexity index is 566. The number of pyridine rings is 1. The molecule has 0 radical (unpaired) electrons. The van der Waals surface area contributed by atoms with Gasteiger partial charge in [-0.05, 0) is 13.0 Å². The van der Waals surface area contributed by atoms with Crippen molar-refractivity contribution in [2.24, 2.45) is 0 Å². The summed E-state index contributed by atoms with van der Waals surface area (Å²) >= 11 is 5.99. The van der Waals surface area contributed by atoms with Crippen molar-refractivity contribution in [1.82, 2.24) is 10.1 Å². The zero-order chi connectivity index (χ0) is 12.4. The number of hydrogen-bond donors (Lipinski definition) is 0. The number of esters is 1. The smallest absolute Gasteiger partial charge is 0.343 e. The lowest BCUT2D eigenvalue weighted by Crippen LogP contribution is -2.03. The normalized spacial score (nSPS) is 10.3. The molecule has 2 aromatic rings. The molecule has 0 bridgehead atoms. The first-order chi connectivity index (χ1) is 8.15. The Morgan fingerprint density at radius 2 is 2.29 bits per heavy atom. The molecule has 0 spiro atoms. The highest BCUT2D eigenvalue weighted by Crippen LogP contribution is 2.30. The first-order valence-electron chi connectivity index (χ1n) is 4.79. The molecule has 0 N–H and O–H groups in total. The fourth-order valence-corrected chi connectivity index (χ4v) is 1.67.